The summed E-state index contributed by atoms with van der Waals surface area (Å²) in [5.41, 5.74) is 3.07. The highest BCUT2D eigenvalue weighted by atomic mass is 16.2. The Balaban J connectivity index is 1.73. The van der Waals surface area contributed by atoms with E-state index < -0.39 is 0 Å². The van der Waals surface area contributed by atoms with Crippen molar-refractivity contribution in [3.05, 3.63) is 47.0 Å². The molecule has 1 aromatic rings. The fraction of sp³-hybridized carbons (Fsp3) is 0.333. The summed E-state index contributed by atoms with van der Waals surface area (Å²) in [5.74, 6) is -0.371. The van der Waals surface area contributed by atoms with Crippen molar-refractivity contribution >= 4 is 11.8 Å². The Hall–Kier alpha value is -1.94. The minimum absolute atomic E-state index is 0.166. The van der Waals surface area contributed by atoms with E-state index in [-0.39, 0.29) is 11.8 Å². The number of benzene rings is 1. The number of hydrogen-bond donors (Lipinski definition) is 1. The smallest absolute Gasteiger partial charge is 0.255 e. The van der Waals surface area contributed by atoms with E-state index in [1.165, 1.54) is 5.56 Å². The van der Waals surface area contributed by atoms with Gasteiger partial charge in [0.2, 0.25) is 5.91 Å². The maximum Gasteiger partial charge on any atom is 0.255 e. The molecule has 2 amide bonds. The van der Waals surface area contributed by atoms with E-state index in [4.69, 9.17) is 0 Å². The zero-order valence-corrected chi connectivity index (χ0v) is 10.7. The first kappa shape index (κ1) is 12.1. The summed E-state index contributed by atoms with van der Waals surface area (Å²) in [4.78, 5) is 25.4. The lowest BCUT2D eigenvalue weighted by atomic mass is 9.93. The number of rotatable bonds is 2. The number of hydrogen-bond acceptors (Lipinski definition) is 3. The van der Waals surface area contributed by atoms with Crippen LogP contribution >= 0.6 is 0 Å². The van der Waals surface area contributed by atoms with E-state index in [1.807, 2.05) is 18.2 Å². The third kappa shape index (κ3) is 2.58. The Kier molecular flexibility index (Phi) is 3.17. The molecule has 1 N–H and O–H groups in total. The Bertz CT molecular complexity index is 549. The minimum Gasteiger partial charge on any atom is -0.294 e. The predicted octanol–water partition coefficient (Wildman–Crippen LogP) is 1.24. The lowest BCUT2D eigenvalue weighted by Crippen LogP contribution is -2.43. The average Bonchev–Trinajstić information content (AvgIpc) is 2.40. The van der Waals surface area contributed by atoms with Crippen LogP contribution in [0.1, 0.15) is 18.4 Å². The summed E-state index contributed by atoms with van der Waals surface area (Å²) >= 11 is 0. The summed E-state index contributed by atoms with van der Waals surface area (Å²) in [6, 6.07) is 10.2. The Morgan fingerprint density at radius 1 is 1.16 bits per heavy atom. The SMILES string of the molecule is O=C1CC2=C(CN(Cc3ccccc3)CC2)C(=O)N1. The molecule has 2 heterocycles. The van der Waals surface area contributed by atoms with Gasteiger partial charge in [0.05, 0.1) is 0 Å². The van der Waals surface area contributed by atoms with Crippen LogP contribution in [0.2, 0.25) is 0 Å². The molecule has 0 saturated carbocycles. The van der Waals surface area contributed by atoms with Gasteiger partial charge in [-0.1, -0.05) is 30.3 Å². The van der Waals surface area contributed by atoms with Crippen LogP contribution in [0.5, 0.6) is 0 Å². The largest absolute Gasteiger partial charge is 0.294 e. The Morgan fingerprint density at radius 3 is 2.74 bits per heavy atom. The monoisotopic (exact) mass is 256 g/mol. The number of carbonyl (C=O) groups is 2. The minimum atomic E-state index is -0.205. The van der Waals surface area contributed by atoms with Crippen LogP contribution in [0.4, 0.5) is 0 Å². The van der Waals surface area contributed by atoms with Gasteiger partial charge in [0.1, 0.15) is 0 Å². The van der Waals surface area contributed by atoms with E-state index in [0.29, 0.717) is 13.0 Å². The molecular weight excluding hydrogens is 240 g/mol. The summed E-state index contributed by atoms with van der Waals surface area (Å²) in [5, 5.41) is 2.40. The van der Waals surface area contributed by atoms with Gasteiger partial charge in [0.25, 0.3) is 5.91 Å². The number of imide groups is 1. The molecule has 0 aromatic heterocycles. The van der Waals surface area contributed by atoms with Crippen molar-refractivity contribution in [2.45, 2.75) is 19.4 Å². The van der Waals surface area contributed by atoms with Crippen molar-refractivity contribution in [2.75, 3.05) is 13.1 Å². The van der Waals surface area contributed by atoms with Gasteiger partial charge in [-0.3, -0.25) is 19.8 Å². The molecule has 0 saturated heterocycles. The second-order valence-corrected chi connectivity index (χ2v) is 5.08. The number of nitrogens with one attached hydrogen (secondary N) is 1. The molecule has 4 nitrogen and oxygen atoms in total. The third-order valence-corrected chi connectivity index (χ3v) is 3.69. The number of amides is 2. The molecule has 0 unspecified atom stereocenters. The zero-order chi connectivity index (χ0) is 13.2. The zero-order valence-electron chi connectivity index (χ0n) is 10.7. The number of nitrogens with zero attached hydrogens (tertiary/aromatic N) is 1. The van der Waals surface area contributed by atoms with Crippen molar-refractivity contribution in [1.29, 1.82) is 0 Å². The van der Waals surface area contributed by atoms with Gasteiger partial charge < -0.3 is 0 Å². The second kappa shape index (κ2) is 4.97. The normalized spacial score (nSPS) is 20.2. The maximum atomic E-state index is 11.8. The van der Waals surface area contributed by atoms with Crippen LogP contribution in [-0.2, 0) is 16.1 Å². The molecule has 0 bridgehead atoms. The van der Waals surface area contributed by atoms with E-state index in [2.05, 4.69) is 22.3 Å². The van der Waals surface area contributed by atoms with Crippen LogP contribution in [-0.4, -0.2) is 29.8 Å². The highest BCUT2D eigenvalue weighted by Crippen LogP contribution is 2.24. The third-order valence-electron chi connectivity index (χ3n) is 3.69. The van der Waals surface area contributed by atoms with Crippen molar-refractivity contribution < 1.29 is 9.59 Å². The molecule has 1 aromatic carbocycles. The molecule has 2 aliphatic rings. The lowest BCUT2D eigenvalue weighted by molar-refractivity contribution is -0.129. The number of carbonyl (C=O) groups excluding carboxylic acids is 2. The van der Waals surface area contributed by atoms with Crippen molar-refractivity contribution in [3.63, 3.8) is 0 Å². The predicted molar refractivity (Wildman–Crippen MR) is 71.1 cm³/mol. The van der Waals surface area contributed by atoms with Gasteiger partial charge >= 0.3 is 0 Å². The molecule has 0 aliphatic carbocycles. The summed E-state index contributed by atoms with van der Waals surface area (Å²) in [6.07, 6.45) is 1.21. The summed E-state index contributed by atoms with van der Waals surface area (Å²) < 4.78 is 0. The highest BCUT2D eigenvalue weighted by molar-refractivity contribution is 6.08. The summed E-state index contributed by atoms with van der Waals surface area (Å²) in [6.45, 7) is 2.40. The Morgan fingerprint density at radius 2 is 1.95 bits per heavy atom. The second-order valence-electron chi connectivity index (χ2n) is 5.08. The lowest BCUT2D eigenvalue weighted by Gasteiger charge is -2.32. The standard InChI is InChI=1S/C15H16N2O2/c18-14-8-12-6-7-17(10-13(12)15(19)16-14)9-11-4-2-1-3-5-11/h1-5H,6-10H2,(H,16,18,19). The van der Waals surface area contributed by atoms with Crippen molar-refractivity contribution in [3.8, 4) is 0 Å². The molecular formula is C15H16N2O2. The molecule has 3 rings (SSSR count). The van der Waals surface area contributed by atoms with Crippen LogP contribution in [0.25, 0.3) is 0 Å². The van der Waals surface area contributed by atoms with E-state index in [0.717, 1.165) is 30.7 Å². The first-order valence-corrected chi connectivity index (χ1v) is 6.54. The molecule has 98 valence electrons. The van der Waals surface area contributed by atoms with Gasteiger partial charge in [-0.25, -0.2) is 0 Å². The van der Waals surface area contributed by atoms with Gasteiger partial charge in [-0.05, 0) is 17.6 Å². The van der Waals surface area contributed by atoms with Gasteiger partial charge in [0.15, 0.2) is 0 Å². The van der Waals surface area contributed by atoms with E-state index >= 15 is 0 Å². The molecule has 0 fully saturated rings. The van der Waals surface area contributed by atoms with E-state index in [9.17, 15) is 9.59 Å². The topological polar surface area (TPSA) is 49.4 Å². The van der Waals surface area contributed by atoms with Crippen LogP contribution in [0.3, 0.4) is 0 Å². The fourth-order valence-corrected chi connectivity index (χ4v) is 2.70. The molecule has 0 spiro atoms. The molecule has 2 aliphatic heterocycles. The van der Waals surface area contributed by atoms with Gasteiger partial charge in [0, 0.05) is 31.6 Å². The van der Waals surface area contributed by atoms with Crippen LogP contribution < -0.4 is 5.32 Å². The first-order valence-electron chi connectivity index (χ1n) is 6.54. The maximum absolute atomic E-state index is 11.8. The van der Waals surface area contributed by atoms with Crippen molar-refractivity contribution in [1.82, 2.24) is 10.2 Å². The molecule has 0 atom stereocenters. The van der Waals surface area contributed by atoms with Crippen LogP contribution in [0, 0.1) is 0 Å². The van der Waals surface area contributed by atoms with Gasteiger partial charge in [-0.2, -0.15) is 0 Å². The van der Waals surface area contributed by atoms with Crippen molar-refractivity contribution in [2.24, 2.45) is 0 Å². The highest BCUT2D eigenvalue weighted by Gasteiger charge is 2.29. The molecule has 4 heteroatoms. The average molecular weight is 256 g/mol. The molecule has 0 radical (unpaired) electrons. The Labute approximate surface area is 112 Å². The van der Waals surface area contributed by atoms with Gasteiger partial charge in [-0.15, -0.1) is 0 Å². The quantitative estimate of drug-likeness (QED) is 0.810. The summed E-state index contributed by atoms with van der Waals surface area (Å²) in [7, 11) is 0. The first-order chi connectivity index (χ1) is 9.22. The fourth-order valence-electron chi connectivity index (χ4n) is 2.70. The van der Waals surface area contributed by atoms with E-state index in [1.54, 1.807) is 0 Å². The van der Waals surface area contributed by atoms with Crippen LogP contribution in [0.15, 0.2) is 41.5 Å². The molecule has 19 heavy (non-hydrogen) atoms.